The van der Waals surface area contributed by atoms with Gasteiger partial charge in [-0.05, 0) is 30.1 Å². The first-order valence-electron chi connectivity index (χ1n) is 4.79. The van der Waals surface area contributed by atoms with E-state index in [0.29, 0.717) is 5.92 Å². The van der Waals surface area contributed by atoms with Crippen LogP contribution in [-0.4, -0.2) is 22.9 Å². The Morgan fingerprint density at radius 3 is 2.33 bits per heavy atom. The topological polar surface area (TPSA) is 40.5 Å². The minimum atomic E-state index is -0.523. The van der Waals surface area contributed by atoms with Gasteiger partial charge >= 0.3 is 0 Å². The summed E-state index contributed by atoms with van der Waals surface area (Å²) < 4.78 is 0. The number of aliphatic hydroxyl groups excluding tert-OH is 2. The van der Waals surface area contributed by atoms with Crippen LogP contribution in [0.4, 0.5) is 0 Å². The molecule has 2 nitrogen and oxygen atoms in total. The fourth-order valence-electron chi connectivity index (χ4n) is 2.35. The van der Waals surface area contributed by atoms with E-state index in [1.54, 1.807) is 0 Å². The van der Waals surface area contributed by atoms with Gasteiger partial charge in [-0.2, -0.15) is 0 Å². The minimum absolute atomic E-state index is 0.0964. The van der Waals surface area contributed by atoms with E-state index in [-0.39, 0.29) is 17.9 Å². The molecule has 1 saturated carbocycles. The molecule has 0 aromatic rings. The molecule has 2 N–H and O–H groups in total. The normalized spacial score (nSPS) is 36.8. The van der Waals surface area contributed by atoms with E-state index in [4.69, 9.17) is 5.11 Å². The summed E-state index contributed by atoms with van der Waals surface area (Å²) in [6, 6.07) is 0. The van der Waals surface area contributed by atoms with Gasteiger partial charge in [-0.3, -0.25) is 0 Å². The summed E-state index contributed by atoms with van der Waals surface area (Å²) in [7, 11) is 0. The molecular formula is C10H20O2. The second-order valence-electron chi connectivity index (χ2n) is 4.66. The quantitative estimate of drug-likeness (QED) is 0.661. The van der Waals surface area contributed by atoms with Crippen molar-refractivity contribution in [3.63, 3.8) is 0 Å². The van der Waals surface area contributed by atoms with Gasteiger partial charge in [0.1, 0.15) is 0 Å². The highest BCUT2D eigenvalue weighted by Crippen LogP contribution is 2.48. The molecule has 0 aliphatic heterocycles. The van der Waals surface area contributed by atoms with Crippen LogP contribution in [0.2, 0.25) is 0 Å². The third-order valence-electron chi connectivity index (χ3n) is 3.79. The van der Waals surface area contributed by atoms with Crippen molar-refractivity contribution in [2.75, 3.05) is 6.61 Å². The molecule has 0 bridgehead atoms. The number of hydrogen-bond acceptors (Lipinski definition) is 2. The third kappa shape index (κ3) is 1.50. The van der Waals surface area contributed by atoms with Gasteiger partial charge in [0.15, 0.2) is 0 Å². The molecule has 2 heteroatoms. The molecule has 1 aliphatic carbocycles. The highest BCUT2D eigenvalue weighted by atomic mass is 16.3. The van der Waals surface area contributed by atoms with E-state index in [2.05, 4.69) is 20.8 Å². The van der Waals surface area contributed by atoms with Gasteiger partial charge in [-0.25, -0.2) is 0 Å². The van der Waals surface area contributed by atoms with Gasteiger partial charge < -0.3 is 10.2 Å². The highest BCUT2D eigenvalue weighted by molar-refractivity contribution is 4.92. The number of aliphatic hydroxyl groups is 2. The lowest BCUT2D eigenvalue weighted by Gasteiger charge is -2.33. The van der Waals surface area contributed by atoms with E-state index in [1.807, 2.05) is 0 Å². The molecule has 0 aromatic carbocycles. The van der Waals surface area contributed by atoms with Crippen LogP contribution in [0.3, 0.4) is 0 Å². The second kappa shape index (κ2) is 3.35. The number of rotatable bonds is 2. The molecular weight excluding hydrogens is 152 g/mol. The summed E-state index contributed by atoms with van der Waals surface area (Å²) in [5.41, 5.74) is 0.183. The van der Waals surface area contributed by atoms with Crippen molar-refractivity contribution in [1.82, 2.24) is 0 Å². The van der Waals surface area contributed by atoms with Crippen LogP contribution < -0.4 is 0 Å². The second-order valence-corrected chi connectivity index (χ2v) is 4.66. The van der Waals surface area contributed by atoms with Gasteiger partial charge in [-0.1, -0.05) is 20.8 Å². The maximum absolute atomic E-state index is 9.56. The van der Waals surface area contributed by atoms with Gasteiger partial charge in [-0.15, -0.1) is 0 Å². The summed E-state index contributed by atoms with van der Waals surface area (Å²) in [6.07, 6.45) is 1.70. The van der Waals surface area contributed by atoms with Crippen molar-refractivity contribution in [3.05, 3.63) is 0 Å². The van der Waals surface area contributed by atoms with Gasteiger partial charge in [0.2, 0.25) is 0 Å². The molecule has 3 atom stereocenters. The average Bonchev–Trinajstić information content (AvgIpc) is 2.27. The largest absolute Gasteiger partial charge is 0.394 e. The van der Waals surface area contributed by atoms with Crippen molar-refractivity contribution in [2.45, 2.75) is 39.7 Å². The van der Waals surface area contributed by atoms with Crippen LogP contribution in [0.25, 0.3) is 0 Å². The molecule has 0 spiro atoms. The van der Waals surface area contributed by atoms with Gasteiger partial charge in [0, 0.05) is 0 Å². The van der Waals surface area contributed by atoms with Crippen molar-refractivity contribution in [2.24, 2.45) is 17.3 Å². The summed E-state index contributed by atoms with van der Waals surface area (Å²) in [6.45, 7) is 6.51. The maximum Gasteiger partial charge on any atom is 0.0804 e. The zero-order valence-electron chi connectivity index (χ0n) is 8.25. The van der Waals surface area contributed by atoms with Crippen LogP contribution in [-0.2, 0) is 0 Å². The first-order valence-corrected chi connectivity index (χ1v) is 4.79. The Kier molecular flexibility index (Phi) is 2.79. The lowest BCUT2D eigenvalue weighted by atomic mass is 9.74. The minimum Gasteiger partial charge on any atom is -0.394 e. The van der Waals surface area contributed by atoms with Crippen molar-refractivity contribution in [1.29, 1.82) is 0 Å². The van der Waals surface area contributed by atoms with Gasteiger partial charge in [0.25, 0.3) is 0 Å². The molecule has 1 aliphatic rings. The first kappa shape index (κ1) is 10.0. The molecule has 3 unspecified atom stereocenters. The Morgan fingerprint density at radius 1 is 1.42 bits per heavy atom. The molecule has 0 saturated heterocycles. The predicted molar refractivity (Wildman–Crippen MR) is 48.8 cm³/mol. The Morgan fingerprint density at radius 2 is 2.00 bits per heavy atom. The molecule has 12 heavy (non-hydrogen) atoms. The summed E-state index contributed by atoms with van der Waals surface area (Å²) in [4.78, 5) is 0. The van der Waals surface area contributed by atoms with Crippen molar-refractivity contribution < 1.29 is 10.2 Å². The smallest absolute Gasteiger partial charge is 0.0804 e. The summed E-state index contributed by atoms with van der Waals surface area (Å²) in [5, 5.41) is 18.4. The van der Waals surface area contributed by atoms with E-state index < -0.39 is 6.10 Å². The molecule has 0 aromatic heterocycles. The van der Waals surface area contributed by atoms with Gasteiger partial charge in [0.05, 0.1) is 12.7 Å². The molecule has 1 fully saturated rings. The Balaban J connectivity index is 2.67. The van der Waals surface area contributed by atoms with Crippen LogP contribution >= 0.6 is 0 Å². The summed E-state index contributed by atoms with van der Waals surface area (Å²) >= 11 is 0. The van der Waals surface area contributed by atoms with Crippen LogP contribution in [0, 0.1) is 17.3 Å². The molecule has 1 rings (SSSR count). The average molecular weight is 172 g/mol. The standard InChI is InChI=1S/C10H20O2/c1-7-4-5-8(9(12)6-11)10(7,2)3/h7-9,11-12H,4-6H2,1-3H3. The van der Waals surface area contributed by atoms with E-state index in [9.17, 15) is 5.11 Å². The van der Waals surface area contributed by atoms with Crippen LogP contribution in [0.5, 0.6) is 0 Å². The molecule has 0 radical (unpaired) electrons. The maximum atomic E-state index is 9.56. The van der Waals surface area contributed by atoms with E-state index in [0.717, 1.165) is 6.42 Å². The van der Waals surface area contributed by atoms with E-state index in [1.165, 1.54) is 6.42 Å². The number of hydrogen-bond donors (Lipinski definition) is 2. The molecule has 0 heterocycles. The summed E-state index contributed by atoms with van der Waals surface area (Å²) in [5.74, 6) is 0.932. The molecule has 72 valence electrons. The fourth-order valence-corrected chi connectivity index (χ4v) is 2.35. The first-order chi connectivity index (χ1) is 5.50. The zero-order chi connectivity index (χ0) is 9.35. The van der Waals surface area contributed by atoms with Crippen molar-refractivity contribution >= 4 is 0 Å². The van der Waals surface area contributed by atoms with Crippen molar-refractivity contribution in [3.8, 4) is 0 Å². The van der Waals surface area contributed by atoms with Crippen LogP contribution in [0.1, 0.15) is 33.6 Å². The monoisotopic (exact) mass is 172 g/mol. The highest BCUT2D eigenvalue weighted by Gasteiger charge is 2.43. The SMILES string of the molecule is CC1CCC(C(O)CO)C1(C)C. The predicted octanol–water partition coefficient (Wildman–Crippen LogP) is 1.41. The fraction of sp³-hybridized carbons (Fsp3) is 1.00. The lowest BCUT2D eigenvalue weighted by Crippen LogP contribution is -2.34. The Labute approximate surface area is 74.6 Å². The van der Waals surface area contributed by atoms with Crippen LogP contribution in [0.15, 0.2) is 0 Å². The Bertz CT molecular complexity index is 154. The Hall–Kier alpha value is -0.0800. The lowest BCUT2D eigenvalue weighted by molar-refractivity contribution is 0.00158. The zero-order valence-corrected chi connectivity index (χ0v) is 8.25. The third-order valence-corrected chi connectivity index (χ3v) is 3.79. The van der Waals surface area contributed by atoms with E-state index >= 15 is 0 Å². The molecule has 0 amide bonds.